The lowest BCUT2D eigenvalue weighted by molar-refractivity contribution is 0.233. The van der Waals surface area contributed by atoms with Crippen LogP contribution in [0.15, 0.2) is 12.3 Å². The van der Waals surface area contributed by atoms with Crippen molar-refractivity contribution < 1.29 is 0 Å². The Morgan fingerprint density at radius 2 is 2.13 bits per heavy atom. The summed E-state index contributed by atoms with van der Waals surface area (Å²) < 4.78 is 0.612. The molecule has 0 aliphatic carbocycles. The molecule has 1 aliphatic rings. The molecule has 0 atom stereocenters. The molecule has 15 heavy (non-hydrogen) atoms. The van der Waals surface area contributed by atoms with Gasteiger partial charge in [-0.15, -0.1) is 0 Å². The zero-order valence-electron chi connectivity index (χ0n) is 8.42. The predicted molar refractivity (Wildman–Crippen MR) is 64.8 cm³/mol. The van der Waals surface area contributed by atoms with Crippen LogP contribution in [-0.4, -0.2) is 36.1 Å². The first-order chi connectivity index (χ1) is 7.25. The Hall–Kier alpha value is -0.420. The molecule has 2 N–H and O–H groups in total. The van der Waals surface area contributed by atoms with E-state index in [0.29, 0.717) is 9.66 Å². The Labute approximate surface area is 99.4 Å². The van der Waals surface area contributed by atoms with Gasteiger partial charge in [0.2, 0.25) is 0 Å². The van der Waals surface area contributed by atoms with E-state index in [0.717, 1.165) is 32.7 Å². The molecule has 5 heteroatoms. The average Bonchev–Trinajstić information content (AvgIpc) is 2.25. The Morgan fingerprint density at radius 3 is 2.80 bits per heavy atom. The molecule has 0 bridgehead atoms. The smallest absolute Gasteiger partial charge is 0.122 e. The first-order valence-electron chi connectivity index (χ1n) is 5.06. The van der Waals surface area contributed by atoms with Gasteiger partial charge >= 0.3 is 0 Å². The van der Waals surface area contributed by atoms with E-state index in [9.17, 15) is 0 Å². The lowest BCUT2D eigenvalue weighted by Crippen LogP contribution is -2.42. The fourth-order valence-electron chi connectivity index (χ4n) is 1.72. The topological polar surface area (TPSA) is 31.1 Å². The second kappa shape index (κ2) is 5.07. The first kappa shape index (κ1) is 11.1. The van der Waals surface area contributed by atoms with Crippen LogP contribution in [0.3, 0.4) is 0 Å². The van der Waals surface area contributed by atoms with Gasteiger partial charge in [0.25, 0.3) is 0 Å². The number of rotatable bonds is 2. The van der Waals surface area contributed by atoms with Gasteiger partial charge in [-0.25, -0.2) is 0 Å². The van der Waals surface area contributed by atoms with Gasteiger partial charge in [0.1, 0.15) is 4.64 Å². The minimum absolute atomic E-state index is 0.612. The van der Waals surface area contributed by atoms with Crippen LogP contribution in [0.4, 0.5) is 0 Å². The Morgan fingerprint density at radius 1 is 1.40 bits per heavy atom. The molecule has 1 saturated heterocycles. The fraction of sp³-hybridized carbons (Fsp3) is 0.500. The first-order valence-corrected chi connectivity index (χ1v) is 5.84. The van der Waals surface area contributed by atoms with E-state index < -0.39 is 0 Å². The van der Waals surface area contributed by atoms with Gasteiger partial charge in [0.05, 0.1) is 5.02 Å². The van der Waals surface area contributed by atoms with Crippen LogP contribution < -0.4 is 5.32 Å². The van der Waals surface area contributed by atoms with E-state index in [-0.39, 0.29) is 0 Å². The number of nitrogens with one attached hydrogen (secondary N) is 2. The maximum absolute atomic E-state index is 5.97. The molecule has 0 saturated carbocycles. The number of hydrogen-bond donors (Lipinski definition) is 2. The molecule has 3 nitrogen and oxygen atoms in total. The van der Waals surface area contributed by atoms with Crippen molar-refractivity contribution in [2.45, 2.75) is 6.54 Å². The quantitative estimate of drug-likeness (QED) is 0.777. The standard InChI is InChI=1S/C10H14ClN3S/c11-9-5-8(6-13-10(9)15)7-14-3-1-12-2-4-14/h5-6,12H,1-4,7H2,(H,13,15). The van der Waals surface area contributed by atoms with Crippen molar-refractivity contribution >= 4 is 23.8 Å². The number of halogens is 1. The van der Waals surface area contributed by atoms with Crippen LogP contribution in [0, 0.1) is 4.64 Å². The maximum Gasteiger partial charge on any atom is 0.122 e. The van der Waals surface area contributed by atoms with Gasteiger partial charge in [0.15, 0.2) is 0 Å². The third-order valence-electron chi connectivity index (χ3n) is 2.53. The molecular weight excluding hydrogens is 230 g/mol. The summed E-state index contributed by atoms with van der Waals surface area (Å²) in [6.07, 6.45) is 1.94. The van der Waals surface area contributed by atoms with Crippen molar-refractivity contribution in [3.63, 3.8) is 0 Å². The van der Waals surface area contributed by atoms with E-state index >= 15 is 0 Å². The Balaban J connectivity index is 2.03. The molecule has 1 fully saturated rings. The van der Waals surface area contributed by atoms with Crippen molar-refractivity contribution in [3.8, 4) is 0 Å². The predicted octanol–water partition coefficient (Wildman–Crippen LogP) is 1.80. The summed E-state index contributed by atoms with van der Waals surface area (Å²) in [5.74, 6) is 0. The summed E-state index contributed by atoms with van der Waals surface area (Å²) in [5, 5.41) is 3.97. The third-order valence-corrected chi connectivity index (χ3v) is 3.28. The largest absolute Gasteiger partial charge is 0.351 e. The van der Waals surface area contributed by atoms with Crippen molar-refractivity contribution in [1.82, 2.24) is 15.2 Å². The molecule has 0 amide bonds. The molecule has 82 valence electrons. The number of piperazine rings is 1. The highest BCUT2D eigenvalue weighted by molar-refractivity contribution is 7.71. The van der Waals surface area contributed by atoms with Gasteiger partial charge in [-0.1, -0.05) is 23.8 Å². The van der Waals surface area contributed by atoms with Crippen molar-refractivity contribution in [3.05, 3.63) is 27.5 Å². The highest BCUT2D eigenvalue weighted by atomic mass is 35.5. The summed E-state index contributed by atoms with van der Waals surface area (Å²) in [4.78, 5) is 5.40. The van der Waals surface area contributed by atoms with Gasteiger partial charge in [-0.05, 0) is 11.6 Å². The number of pyridine rings is 1. The summed E-state index contributed by atoms with van der Waals surface area (Å²) in [7, 11) is 0. The highest BCUT2D eigenvalue weighted by Crippen LogP contribution is 2.13. The second-order valence-electron chi connectivity index (χ2n) is 3.71. The molecule has 2 rings (SSSR count). The summed E-state index contributed by atoms with van der Waals surface area (Å²) in [6, 6.07) is 1.95. The van der Waals surface area contributed by atoms with E-state index in [1.807, 2.05) is 12.3 Å². The highest BCUT2D eigenvalue weighted by Gasteiger charge is 2.09. The van der Waals surface area contributed by atoms with Crippen molar-refractivity contribution in [2.75, 3.05) is 26.2 Å². The van der Waals surface area contributed by atoms with E-state index in [4.69, 9.17) is 23.8 Å². The number of nitrogens with zero attached hydrogens (tertiary/aromatic N) is 1. The molecule has 0 unspecified atom stereocenters. The monoisotopic (exact) mass is 243 g/mol. The number of aromatic amines is 1. The van der Waals surface area contributed by atoms with Gasteiger partial charge in [-0.3, -0.25) is 4.90 Å². The van der Waals surface area contributed by atoms with Crippen LogP contribution >= 0.6 is 23.8 Å². The molecule has 0 radical (unpaired) electrons. The number of aromatic nitrogens is 1. The van der Waals surface area contributed by atoms with E-state index in [1.165, 1.54) is 5.56 Å². The van der Waals surface area contributed by atoms with Crippen molar-refractivity contribution in [1.29, 1.82) is 0 Å². The molecule has 0 spiro atoms. The van der Waals surface area contributed by atoms with Gasteiger partial charge in [-0.2, -0.15) is 0 Å². The summed E-state index contributed by atoms with van der Waals surface area (Å²) in [5.41, 5.74) is 1.19. The Kier molecular flexibility index (Phi) is 3.75. The van der Waals surface area contributed by atoms with E-state index in [1.54, 1.807) is 0 Å². The zero-order chi connectivity index (χ0) is 10.7. The molecule has 1 aliphatic heterocycles. The summed E-state index contributed by atoms with van der Waals surface area (Å²) in [6.45, 7) is 5.25. The number of hydrogen-bond acceptors (Lipinski definition) is 3. The van der Waals surface area contributed by atoms with Crippen LogP contribution in [0.1, 0.15) is 5.56 Å². The second-order valence-corrected chi connectivity index (χ2v) is 4.53. The Bertz CT molecular complexity index is 384. The molecule has 1 aromatic rings. The zero-order valence-corrected chi connectivity index (χ0v) is 10.00. The lowest BCUT2D eigenvalue weighted by Gasteiger charge is -2.27. The van der Waals surface area contributed by atoms with Crippen LogP contribution in [0.5, 0.6) is 0 Å². The maximum atomic E-state index is 5.97. The average molecular weight is 244 g/mol. The number of H-pyrrole nitrogens is 1. The molecule has 1 aromatic heterocycles. The molecule has 2 heterocycles. The van der Waals surface area contributed by atoms with Crippen molar-refractivity contribution in [2.24, 2.45) is 0 Å². The minimum atomic E-state index is 0.612. The third kappa shape index (κ3) is 3.01. The summed E-state index contributed by atoms with van der Waals surface area (Å²) >= 11 is 11.0. The molecular formula is C10H14ClN3S. The fourth-order valence-corrected chi connectivity index (χ4v) is 2.03. The molecule has 0 aromatic carbocycles. The van der Waals surface area contributed by atoms with Gasteiger partial charge in [0, 0.05) is 38.9 Å². The normalized spacial score (nSPS) is 17.9. The van der Waals surface area contributed by atoms with Crippen LogP contribution in [-0.2, 0) is 6.54 Å². The SMILES string of the molecule is S=c1[nH]cc(CN2CCNCC2)cc1Cl. The van der Waals surface area contributed by atoms with Gasteiger partial charge < -0.3 is 10.3 Å². The van der Waals surface area contributed by atoms with Crippen LogP contribution in [0.25, 0.3) is 0 Å². The van der Waals surface area contributed by atoms with E-state index in [2.05, 4.69) is 15.2 Å². The lowest BCUT2D eigenvalue weighted by atomic mass is 10.2. The van der Waals surface area contributed by atoms with Crippen LogP contribution in [0.2, 0.25) is 5.02 Å². The minimum Gasteiger partial charge on any atom is -0.351 e.